The van der Waals surface area contributed by atoms with Crippen LogP contribution in [0.3, 0.4) is 0 Å². The Balaban J connectivity index is 2.07. The summed E-state index contributed by atoms with van der Waals surface area (Å²) in [5.74, 6) is 0.353. The molecule has 0 bridgehead atoms. The summed E-state index contributed by atoms with van der Waals surface area (Å²) in [6.45, 7) is 2.13. The molecule has 3 N–H and O–H groups in total. The van der Waals surface area contributed by atoms with Crippen molar-refractivity contribution in [3.8, 4) is 17.9 Å². The number of nitrogens with one attached hydrogen (secondary N) is 3. The average molecular weight is 464 g/mol. The zero-order chi connectivity index (χ0) is 24.9. The lowest BCUT2D eigenvalue weighted by Gasteiger charge is -2.26. The molecule has 2 aromatic rings. The Labute approximate surface area is 198 Å². The molecule has 34 heavy (non-hydrogen) atoms. The van der Waals surface area contributed by atoms with Gasteiger partial charge in [0.05, 0.1) is 25.2 Å². The standard InChI is InChI=1S/C24H27N6O4/c1-4-20(10-11-25)34-24(32)30-21(15-27-2)16-6-5-7-18(12-16)28-23(31)29-19-9-8-17(14-26)22(13-19)33-3/h5-9,12-13,20-21H,4,10,15H2,1-3H3,(H,30,32)(H2,28,29,31)/q-1/t20-,21+/m1/s1. The molecular weight excluding hydrogens is 436 g/mol. The molecule has 0 aliphatic rings. The summed E-state index contributed by atoms with van der Waals surface area (Å²) in [6, 6.07) is 14.7. The van der Waals surface area contributed by atoms with Crippen LogP contribution in [-0.2, 0) is 4.74 Å². The lowest BCUT2D eigenvalue weighted by molar-refractivity contribution is 0.0948. The predicted molar refractivity (Wildman–Crippen MR) is 128 cm³/mol. The molecular formula is C24H27N6O4-. The number of anilines is 2. The van der Waals surface area contributed by atoms with Gasteiger partial charge in [0.1, 0.15) is 17.9 Å². The number of carbonyl (C=O) groups excluding carboxylic acids is 2. The van der Waals surface area contributed by atoms with E-state index in [2.05, 4.69) is 21.3 Å². The average Bonchev–Trinajstić information content (AvgIpc) is 2.83. The molecule has 0 heterocycles. The second-order valence-corrected chi connectivity index (χ2v) is 7.22. The number of amides is 3. The first-order chi connectivity index (χ1) is 16.4. The Hall–Kier alpha value is -4.28. The van der Waals surface area contributed by atoms with Crippen LogP contribution in [0.25, 0.3) is 5.32 Å². The molecule has 3 amide bonds. The minimum Gasteiger partial charge on any atom is -0.663 e. The molecule has 0 unspecified atom stereocenters. The van der Waals surface area contributed by atoms with Crippen LogP contribution in [0.1, 0.15) is 36.9 Å². The van der Waals surface area contributed by atoms with Crippen LogP contribution in [0.5, 0.6) is 5.75 Å². The molecule has 2 atom stereocenters. The van der Waals surface area contributed by atoms with Crippen molar-refractivity contribution < 1.29 is 19.1 Å². The Bertz CT molecular complexity index is 1080. The number of likely N-dealkylation sites (N-methyl/N-ethyl adjacent to an activating group) is 1. The van der Waals surface area contributed by atoms with Crippen molar-refractivity contribution in [1.29, 1.82) is 10.5 Å². The van der Waals surface area contributed by atoms with E-state index in [9.17, 15) is 9.59 Å². The van der Waals surface area contributed by atoms with Gasteiger partial charge >= 0.3 is 12.1 Å². The number of nitrogens with zero attached hydrogens (tertiary/aromatic N) is 3. The Morgan fingerprint density at radius 1 is 1.12 bits per heavy atom. The highest BCUT2D eigenvalue weighted by atomic mass is 16.6. The fourth-order valence-electron chi connectivity index (χ4n) is 3.10. The molecule has 0 aliphatic carbocycles. The fraction of sp³-hybridized carbons (Fsp3) is 0.333. The SMILES string of the molecule is CC[C@H](CC#N)OC(=O)N[C@@H](C[N-]C)c1cccc(NC(=O)Nc2ccc(C#N)c(OC)c2)c1. The van der Waals surface area contributed by atoms with E-state index in [1.165, 1.54) is 7.11 Å². The lowest BCUT2D eigenvalue weighted by atomic mass is 10.1. The number of benzene rings is 2. The van der Waals surface area contributed by atoms with Crippen molar-refractivity contribution in [2.45, 2.75) is 31.9 Å². The van der Waals surface area contributed by atoms with Crippen LogP contribution in [0.2, 0.25) is 0 Å². The van der Waals surface area contributed by atoms with Crippen molar-refractivity contribution in [3.05, 3.63) is 58.9 Å². The van der Waals surface area contributed by atoms with Gasteiger partial charge in [-0.2, -0.15) is 17.6 Å². The van der Waals surface area contributed by atoms with Gasteiger partial charge in [0, 0.05) is 23.5 Å². The maximum Gasteiger partial charge on any atom is 0.407 e. The van der Waals surface area contributed by atoms with E-state index >= 15 is 0 Å². The van der Waals surface area contributed by atoms with Gasteiger partial charge in [-0.1, -0.05) is 19.1 Å². The molecule has 10 nitrogen and oxygen atoms in total. The van der Waals surface area contributed by atoms with Gasteiger partial charge in [-0.25, -0.2) is 9.59 Å². The van der Waals surface area contributed by atoms with Crippen LogP contribution in [0.15, 0.2) is 42.5 Å². The molecule has 0 fully saturated rings. The Kier molecular flexibility index (Phi) is 10.2. The monoisotopic (exact) mass is 463 g/mol. The van der Waals surface area contributed by atoms with Gasteiger partial charge in [0.2, 0.25) is 0 Å². The van der Waals surface area contributed by atoms with Crippen molar-refractivity contribution in [2.75, 3.05) is 31.3 Å². The number of nitriles is 2. The fourth-order valence-corrected chi connectivity index (χ4v) is 3.10. The number of ether oxygens (including phenoxy) is 2. The van der Waals surface area contributed by atoms with E-state index in [0.717, 1.165) is 0 Å². The summed E-state index contributed by atoms with van der Waals surface area (Å²) in [4.78, 5) is 24.8. The van der Waals surface area contributed by atoms with E-state index in [4.69, 9.17) is 20.0 Å². The largest absolute Gasteiger partial charge is 0.663 e. The zero-order valence-electron chi connectivity index (χ0n) is 19.3. The van der Waals surface area contributed by atoms with E-state index < -0.39 is 24.3 Å². The topological polar surface area (TPSA) is 150 Å². The lowest BCUT2D eigenvalue weighted by Crippen LogP contribution is -2.33. The number of alkyl carbamates (subject to hydrolysis) is 1. The molecule has 0 saturated heterocycles. The van der Waals surface area contributed by atoms with Gasteiger partial charge in [-0.3, -0.25) is 0 Å². The summed E-state index contributed by atoms with van der Waals surface area (Å²) < 4.78 is 10.5. The summed E-state index contributed by atoms with van der Waals surface area (Å²) in [6.07, 6.45) is -0.473. The van der Waals surface area contributed by atoms with E-state index in [1.54, 1.807) is 49.5 Å². The van der Waals surface area contributed by atoms with E-state index in [-0.39, 0.29) is 6.42 Å². The zero-order valence-corrected chi connectivity index (χ0v) is 19.3. The summed E-state index contributed by atoms with van der Waals surface area (Å²) in [5, 5.41) is 30.2. The van der Waals surface area contributed by atoms with Gasteiger partial charge in [-0.15, -0.1) is 6.54 Å². The maximum atomic E-state index is 12.5. The number of hydrogen-bond donors (Lipinski definition) is 3. The van der Waals surface area contributed by atoms with E-state index in [1.807, 2.05) is 19.1 Å². The van der Waals surface area contributed by atoms with Crippen molar-refractivity contribution in [1.82, 2.24) is 5.32 Å². The number of urea groups is 1. The first kappa shape index (κ1) is 26.0. The van der Waals surface area contributed by atoms with Gasteiger partial charge < -0.3 is 30.7 Å². The summed E-state index contributed by atoms with van der Waals surface area (Å²) in [7, 11) is 3.08. The normalized spacial score (nSPS) is 11.8. The van der Waals surface area contributed by atoms with E-state index in [0.29, 0.717) is 41.2 Å². The number of carbonyl (C=O) groups is 2. The first-order valence-corrected chi connectivity index (χ1v) is 10.6. The first-order valence-electron chi connectivity index (χ1n) is 10.6. The van der Waals surface area contributed by atoms with Crippen LogP contribution >= 0.6 is 0 Å². The van der Waals surface area contributed by atoms with Crippen LogP contribution in [0.4, 0.5) is 21.0 Å². The minimum atomic E-state index is -0.637. The molecule has 0 spiro atoms. The Morgan fingerprint density at radius 2 is 1.85 bits per heavy atom. The molecule has 0 radical (unpaired) electrons. The van der Waals surface area contributed by atoms with Crippen molar-refractivity contribution >= 4 is 23.5 Å². The molecule has 178 valence electrons. The molecule has 2 aromatic carbocycles. The molecule has 10 heteroatoms. The highest BCUT2D eigenvalue weighted by Gasteiger charge is 2.17. The molecule has 0 aromatic heterocycles. The number of hydrogen-bond acceptors (Lipinski definition) is 6. The van der Waals surface area contributed by atoms with Gasteiger partial charge in [-0.05, 0) is 36.2 Å². The highest BCUT2D eigenvalue weighted by Crippen LogP contribution is 2.23. The smallest absolute Gasteiger partial charge is 0.407 e. The molecule has 0 aliphatic heterocycles. The number of methoxy groups -OCH3 is 1. The summed E-state index contributed by atoms with van der Waals surface area (Å²) in [5.41, 5.74) is 2.04. The second kappa shape index (κ2) is 13.3. The Morgan fingerprint density at radius 3 is 2.47 bits per heavy atom. The molecule has 2 rings (SSSR count). The quantitative estimate of drug-likeness (QED) is 0.466. The van der Waals surface area contributed by atoms with Crippen molar-refractivity contribution in [2.24, 2.45) is 0 Å². The summed E-state index contributed by atoms with van der Waals surface area (Å²) >= 11 is 0. The number of rotatable bonds is 10. The van der Waals surface area contributed by atoms with Crippen LogP contribution in [-0.4, -0.2) is 38.9 Å². The third-order valence-corrected chi connectivity index (χ3v) is 4.83. The minimum absolute atomic E-state index is 0.117. The van der Waals surface area contributed by atoms with Gasteiger partial charge in [0.25, 0.3) is 0 Å². The molecule has 0 saturated carbocycles. The third kappa shape index (κ3) is 7.69. The van der Waals surface area contributed by atoms with Crippen LogP contribution < -0.4 is 20.7 Å². The highest BCUT2D eigenvalue weighted by molar-refractivity contribution is 6.00. The maximum absolute atomic E-state index is 12.5. The third-order valence-electron chi connectivity index (χ3n) is 4.83. The van der Waals surface area contributed by atoms with Crippen molar-refractivity contribution in [3.63, 3.8) is 0 Å². The van der Waals surface area contributed by atoms with Crippen LogP contribution in [0, 0.1) is 22.7 Å². The second-order valence-electron chi connectivity index (χ2n) is 7.22. The predicted octanol–water partition coefficient (Wildman–Crippen LogP) is 4.67. The van der Waals surface area contributed by atoms with Gasteiger partial charge in [0.15, 0.2) is 0 Å².